The number of halogens is 2. The van der Waals surface area contributed by atoms with Crippen LogP contribution in [0.3, 0.4) is 0 Å². The van der Waals surface area contributed by atoms with E-state index in [0.29, 0.717) is 24.6 Å². The van der Waals surface area contributed by atoms with Gasteiger partial charge in [-0.1, -0.05) is 34.1 Å². The molecular formula is C22H27BrFNO. The van der Waals surface area contributed by atoms with Gasteiger partial charge in [-0.2, -0.15) is 0 Å². The average molecular weight is 420 g/mol. The quantitative estimate of drug-likeness (QED) is 0.581. The van der Waals surface area contributed by atoms with Crippen LogP contribution in [-0.2, 0) is 11.3 Å². The summed E-state index contributed by atoms with van der Waals surface area (Å²) in [4.78, 5) is 15.3. The van der Waals surface area contributed by atoms with Crippen LogP contribution in [0.25, 0.3) is 0 Å². The van der Waals surface area contributed by atoms with Crippen LogP contribution in [0.2, 0.25) is 0 Å². The van der Waals surface area contributed by atoms with E-state index in [1.165, 1.54) is 38.2 Å². The lowest BCUT2D eigenvalue weighted by Gasteiger charge is -2.60. The largest absolute Gasteiger partial charge is 0.335 e. The highest BCUT2D eigenvalue weighted by Gasteiger charge is 2.57. The average Bonchev–Trinajstić information content (AvgIpc) is 3.35. The summed E-state index contributed by atoms with van der Waals surface area (Å²) in [6, 6.07) is 7.22. The third kappa shape index (κ3) is 3.12. The summed E-state index contributed by atoms with van der Waals surface area (Å²) in [5.41, 5.74) is 0.836. The van der Waals surface area contributed by atoms with Crippen molar-refractivity contribution in [3.05, 3.63) is 35.6 Å². The van der Waals surface area contributed by atoms with Gasteiger partial charge >= 0.3 is 0 Å². The molecule has 0 N–H and O–H groups in total. The summed E-state index contributed by atoms with van der Waals surface area (Å²) in [5.74, 6) is 1.66. The smallest absolute Gasteiger partial charge is 0.223 e. The summed E-state index contributed by atoms with van der Waals surface area (Å²) in [6.45, 7) is 0.429. The van der Waals surface area contributed by atoms with Crippen LogP contribution in [0.1, 0.15) is 63.4 Å². The summed E-state index contributed by atoms with van der Waals surface area (Å²) >= 11 is 4.05. The van der Waals surface area contributed by atoms with Crippen molar-refractivity contribution < 1.29 is 9.18 Å². The van der Waals surface area contributed by atoms with E-state index in [4.69, 9.17) is 0 Å². The number of carbonyl (C=O) groups excluding carboxylic acids is 1. The molecule has 5 aliphatic rings. The van der Waals surface area contributed by atoms with Gasteiger partial charge in [0.15, 0.2) is 0 Å². The SMILES string of the molecule is O=C(CC12CC3CC(CC(Br)(C3)C1)C2)N(Cc1ccccc1F)C1CC1. The summed E-state index contributed by atoms with van der Waals surface area (Å²) in [7, 11) is 0. The molecule has 26 heavy (non-hydrogen) atoms. The van der Waals surface area contributed by atoms with Gasteiger partial charge in [-0.15, -0.1) is 0 Å². The van der Waals surface area contributed by atoms with Gasteiger partial charge in [-0.25, -0.2) is 4.39 Å². The van der Waals surface area contributed by atoms with Crippen molar-refractivity contribution in [2.75, 3.05) is 0 Å². The highest BCUT2D eigenvalue weighted by molar-refractivity contribution is 9.10. The molecule has 0 aliphatic heterocycles. The predicted octanol–water partition coefficient (Wildman–Crippen LogP) is 5.44. The number of hydrogen-bond acceptors (Lipinski definition) is 1. The van der Waals surface area contributed by atoms with Crippen molar-refractivity contribution in [2.24, 2.45) is 17.3 Å². The highest BCUT2D eigenvalue weighted by atomic mass is 79.9. The molecule has 5 aliphatic carbocycles. The molecule has 6 rings (SSSR count). The molecular weight excluding hydrogens is 393 g/mol. The Kier molecular flexibility index (Phi) is 4.01. The van der Waals surface area contributed by atoms with Gasteiger partial charge in [-0.3, -0.25) is 4.79 Å². The van der Waals surface area contributed by atoms with Gasteiger partial charge in [0, 0.05) is 28.9 Å². The zero-order valence-electron chi connectivity index (χ0n) is 15.2. The first-order chi connectivity index (χ1) is 12.4. The molecule has 1 amide bonds. The molecule has 5 fully saturated rings. The number of carbonyl (C=O) groups is 1. The first-order valence-corrected chi connectivity index (χ1v) is 10.9. The number of rotatable bonds is 5. The number of hydrogen-bond donors (Lipinski definition) is 0. The van der Waals surface area contributed by atoms with Crippen molar-refractivity contribution in [2.45, 2.75) is 74.7 Å². The Balaban J connectivity index is 1.34. The Labute approximate surface area is 163 Å². The zero-order valence-corrected chi connectivity index (χ0v) is 16.8. The Hall–Kier alpha value is -0.900. The van der Waals surface area contributed by atoms with E-state index in [0.717, 1.165) is 31.1 Å². The molecule has 0 radical (unpaired) electrons. The van der Waals surface area contributed by atoms with E-state index < -0.39 is 0 Å². The Morgan fingerprint density at radius 3 is 2.46 bits per heavy atom. The molecule has 1 aromatic rings. The molecule has 4 bridgehead atoms. The fourth-order valence-corrected chi connectivity index (χ4v) is 8.09. The molecule has 1 aromatic carbocycles. The second kappa shape index (κ2) is 6.05. The molecule has 2 atom stereocenters. The molecule has 0 saturated heterocycles. The highest BCUT2D eigenvalue weighted by Crippen LogP contribution is 2.65. The van der Waals surface area contributed by atoms with Crippen molar-refractivity contribution in [3.63, 3.8) is 0 Å². The lowest BCUT2D eigenvalue weighted by Crippen LogP contribution is -2.54. The summed E-state index contributed by atoms with van der Waals surface area (Å²) < 4.78 is 14.4. The maximum atomic E-state index is 14.1. The maximum absolute atomic E-state index is 14.1. The van der Waals surface area contributed by atoms with Crippen molar-refractivity contribution in [1.29, 1.82) is 0 Å². The van der Waals surface area contributed by atoms with Crippen LogP contribution in [0.4, 0.5) is 4.39 Å². The zero-order chi connectivity index (χ0) is 17.9. The second-order valence-corrected chi connectivity index (χ2v) is 11.3. The topological polar surface area (TPSA) is 20.3 Å². The fourth-order valence-electron chi connectivity index (χ4n) is 6.58. The lowest BCUT2D eigenvalue weighted by molar-refractivity contribution is -0.139. The maximum Gasteiger partial charge on any atom is 0.223 e. The van der Waals surface area contributed by atoms with E-state index in [1.54, 1.807) is 6.07 Å². The number of benzene rings is 1. The van der Waals surface area contributed by atoms with Gasteiger partial charge in [0.05, 0.1) is 0 Å². The molecule has 5 saturated carbocycles. The van der Waals surface area contributed by atoms with Gasteiger partial charge in [-0.05, 0) is 74.7 Å². The molecule has 2 unspecified atom stereocenters. The Morgan fingerprint density at radius 2 is 1.85 bits per heavy atom. The minimum absolute atomic E-state index is 0.188. The third-order valence-corrected chi connectivity index (χ3v) is 8.17. The van der Waals surface area contributed by atoms with Crippen LogP contribution in [0, 0.1) is 23.1 Å². The van der Waals surface area contributed by atoms with Gasteiger partial charge in [0.25, 0.3) is 0 Å². The minimum atomic E-state index is -0.194. The molecule has 0 aromatic heterocycles. The fraction of sp³-hybridized carbons (Fsp3) is 0.682. The number of alkyl halides is 1. The van der Waals surface area contributed by atoms with E-state index in [1.807, 2.05) is 17.0 Å². The second-order valence-electron chi connectivity index (χ2n) is 9.63. The van der Waals surface area contributed by atoms with Crippen molar-refractivity contribution in [3.8, 4) is 0 Å². The van der Waals surface area contributed by atoms with Crippen LogP contribution >= 0.6 is 15.9 Å². The predicted molar refractivity (Wildman–Crippen MR) is 103 cm³/mol. The van der Waals surface area contributed by atoms with E-state index in [2.05, 4.69) is 15.9 Å². The number of nitrogens with zero attached hydrogens (tertiary/aromatic N) is 1. The van der Waals surface area contributed by atoms with E-state index in [-0.39, 0.29) is 21.5 Å². The third-order valence-electron chi connectivity index (χ3n) is 7.24. The monoisotopic (exact) mass is 419 g/mol. The standard InChI is InChI=1S/C22H27BrFNO/c23-22-10-15-7-16(11-22)9-21(8-15,14-22)12-20(26)25(18-5-6-18)13-17-3-1-2-4-19(17)24/h1-4,15-16,18H,5-14H2. The number of amides is 1. The lowest BCUT2D eigenvalue weighted by atomic mass is 9.48. The van der Waals surface area contributed by atoms with E-state index in [9.17, 15) is 9.18 Å². The minimum Gasteiger partial charge on any atom is -0.335 e. The Morgan fingerprint density at radius 1 is 1.15 bits per heavy atom. The van der Waals surface area contributed by atoms with Crippen molar-refractivity contribution in [1.82, 2.24) is 4.90 Å². The Bertz CT molecular complexity index is 717. The first-order valence-electron chi connectivity index (χ1n) is 10.2. The molecule has 2 nitrogen and oxygen atoms in total. The van der Waals surface area contributed by atoms with Gasteiger partial charge in [0.1, 0.15) is 5.82 Å². The van der Waals surface area contributed by atoms with E-state index >= 15 is 0 Å². The van der Waals surface area contributed by atoms with Gasteiger partial charge in [0.2, 0.25) is 5.91 Å². The van der Waals surface area contributed by atoms with Crippen LogP contribution in [0.5, 0.6) is 0 Å². The molecule has 0 spiro atoms. The van der Waals surface area contributed by atoms with Crippen LogP contribution in [0.15, 0.2) is 24.3 Å². The van der Waals surface area contributed by atoms with Crippen LogP contribution in [-0.4, -0.2) is 21.2 Å². The van der Waals surface area contributed by atoms with Gasteiger partial charge < -0.3 is 4.90 Å². The molecule has 0 heterocycles. The molecule has 140 valence electrons. The summed E-state index contributed by atoms with van der Waals surface area (Å²) in [5, 5.41) is 0. The summed E-state index contributed by atoms with van der Waals surface area (Å²) in [6.07, 6.45) is 10.4. The van der Waals surface area contributed by atoms with Crippen molar-refractivity contribution >= 4 is 21.8 Å². The van der Waals surface area contributed by atoms with Crippen LogP contribution < -0.4 is 0 Å². The normalized spacial score (nSPS) is 37.8. The first kappa shape index (κ1) is 17.2. The molecule has 4 heteroatoms.